The summed E-state index contributed by atoms with van der Waals surface area (Å²) in [6.45, 7) is 4.36. The van der Waals surface area contributed by atoms with Crippen LogP contribution in [0.25, 0.3) is 6.08 Å². The fraction of sp³-hybridized carbons (Fsp3) is 0.333. The fourth-order valence-electron chi connectivity index (χ4n) is 3.93. The summed E-state index contributed by atoms with van der Waals surface area (Å²) in [5, 5.41) is 0. The van der Waals surface area contributed by atoms with Gasteiger partial charge in [0.2, 0.25) is 0 Å². The van der Waals surface area contributed by atoms with E-state index in [1.54, 1.807) is 0 Å². The van der Waals surface area contributed by atoms with Gasteiger partial charge in [-0.1, -0.05) is 42.5 Å². The standard InChI is InChI=1S/C21H25N3/c22-21-10-4-8-18-15-24(13-11-20(18)21)19-9-5-12-23(16-19)14-17-6-2-1-3-7-17/h1-4,6-8,10-11,13,19H,5,9,12,14-16,22H2. The van der Waals surface area contributed by atoms with E-state index in [9.17, 15) is 0 Å². The number of hydrogen-bond donors (Lipinski definition) is 1. The molecule has 0 saturated carbocycles. The molecule has 0 spiro atoms. The minimum Gasteiger partial charge on any atom is -0.398 e. The second kappa shape index (κ2) is 6.70. The van der Waals surface area contributed by atoms with Gasteiger partial charge >= 0.3 is 0 Å². The number of benzene rings is 2. The Morgan fingerprint density at radius 1 is 1.04 bits per heavy atom. The van der Waals surface area contributed by atoms with Gasteiger partial charge in [0.1, 0.15) is 0 Å². The molecule has 1 atom stereocenters. The van der Waals surface area contributed by atoms with Gasteiger partial charge in [0.05, 0.1) is 0 Å². The van der Waals surface area contributed by atoms with Crippen LogP contribution in [-0.4, -0.2) is 28.9 Å². The van der Waals surface area contributed by atoms with Crippen LogP contribution in [0.5, 0.6) is 0 Å². The molecule has 2 aliphatic rings. The summed E-state index contributed by atoms with van der Waals surface area (Å²) in [6.07, 6.45) is 6.97. The van der Waals surface area contributed by atoms with Crippen LogP contribution in [0, 0.1) is 0 Å². The molecule has 2 aromatic carbocycles. The van der Waals surface area contributed by atoms with Crippen LogP contribution >= 0.6 is 0 Å². The van der Waals surface area contributed by atoms with Crippen LogP contribution in [0.3, 0.4) is 0 Å². The van der Waals surface area contributed by atoms with Crippen LogP contribution < -0.4 is 5.73 Å². The van der Waals surface area contributed by atoms with Crippen LogP contribution in [0.2, 0.25) is 0 Å². The molecule has 0 amide bonds. The van der Waals surface area contributed by atoms with Crippen molar-refractivity contribution in [1.29, 1.82) is 0 Å². The molecule has 0 bridgehead atoms. The first-order valence-corrected chi connectivity index (χ1v) is 8.87. The summed E-state index contributed by atoms with van der Waals surface area (Å²) in [6, 6.07) is 17.6. The normalized spacial score (nSPS) is 20.8. The first kappa shape index (κ1) is 15.3. The number of nitrogens with two attached hydrogens (primary N) is 1. The third-order valence-electron chi connectivity index (χ3n) is 5.21. The molecule has 1 saturated heterocycles. The Bertz CT molecular complexity index is 723. The maximum atomic E-state index is 6.10. The average Bonchev–Trinajstić information content (AvgIpc) is 2.63. The van der Waals surface area contributed by atoms with Crippen molar-refractivity contribution in [3.63, 3.8) is 0 Å². The lowest BCUT2D eigenvalue weighted by molar-refractivity contribution is 0.120. The summed E-state index contributed by atoms with van der Waals surface area (Å²) >= 11 is 0. The van der Waals surface area contributed by atoms with E-state index >= 15 is 0 Å². The largest absolute Gasteiger partial charge is 0.398 e. The lowest BCUT2D eigenvalue weighted by Gasteiger charge is -2.40. The first-order valence-electron chi connectivity index (χ1n) is 8.87. The molecule has 0 aromatic heterocycles. The third kappa shape index (κ3) is 3.17. The molecule has 2 aliphatic heterocycles. The number of rotatable bonds is 3. The minimum atomic E-state index is 0.591. The second-order valence-corrected chi connectivity index (χ2v) is 6.92. The number of piperidine rings is 1. The highest BCUT2D eigenvalue weighted by Gasteiger charge is 2.25. The lowest BCUT2D eigenvalue weighted by Crippen LogP contribution is -2.45. The number of likely N-dealkylation sites (tertiary alicyclic amines) is 1. The highest BCUT2D eigenvalue weighted by Crippen LogP contribution is 2.28. The van der Waals surface area contributed by atoms with E-state index in [1.807, 2.05) is 6.07 Å². The lowest BCUT2D eigenvalue weighted by atomic mass is 9.98. The van der Waals surface area contributed by atoms with Crippen molar-refractivity contribution < 1.29 is 0 Å². The highest BCUT2D eigenvalue weighted by molar-refractivity contribution is 5.68. The first-order chi connectivity index (χ1) is 11.8. The molecule has 1 fully saturated rings. The Labute approximate surface area is 144 Å². The summed E-state index contributed by atoms with van der Waals surface area (Å²) in [7, 11) is 0. The molecule has 124 valence electrons. The average molecular weight is 319 g/mol. The molecule has 0 radical (unpaired) electrons. The Morgan fingerprint density at radius 2 is 1.92 bits per heavy atom. The molecule has 0 aliphatic carbocycles. The topological polar surface area (TPSA) is 32.5 Å². The molecule has 24 heavy (non-hydrogen) atoms. The Balaban J connectivity index is 1.44. The summed E-state index contributed by atoms with van der Waals surface area (Å²) in [5.41, 5.74) is 10.9. The van der Waals surface area contributed by atoms with Crippen molar-refractivity contribution in [2.24, 2.45) is 0 Å². The van der Waals surface area contributed by atoms with Gasteiger partial charge in [-0.05, 0) is 42.7 Å². The van der Waals surface area contributed by atoms with Crippen LogP contribution in [0.1, 0.15) is 29.5 Å². The highest BCUT2D eigenvalue weighted by atomic mass is 15.2. The van der Waals surface area contributed by atoms with E-state index < -0.39 is 0 Å². The zero-order chi connectivity index (χ0) is 16.4. The maximum absolute atomic E-state index is 6.10. The van der Waals surface area contributed by atoms with Crippen LogP contribution in [-0.2, 0) is 13.1 Å². The number of hydrogen-bond acceptors (Lipinski definition) is 3. The Morgan fingerprint density at radius 3 is 2.79 bits per heavy atom. The monoisotopic (exact) mass is 319 g/mol. The quantitative estimate of drug-likeness (QED) is 0.875. The molecule has 2 aromatic rings. The predicted octanol–water partition coefficient (Wildman–Crippen LogP) is 3.72. The van der Waals surface area contributed by atoms with Crippen LogP contribution in [0.4, 0.5) is 5.69 Å². The zero-order valence-corrected chi connectivity index (χ0v) is 14.1. The van der Waals surface area contributed by atoms with E-state index in [0.717, 1.165) is 25.3 Å². The van der Waals surface area contributed by atoms with Crippen molar-refractivity contribution in [1.82, 2.24) is 9.80 Å². The van der Waals surface area contributed by atoms with Gasteiger partial charge in [-0.3, -0.25) is 4.90 Å². The molecule has 1 unspecified atom stereocenters. The zero-order valence-electron chi connectivity index (χ0n) is 14.1. The van der Waals surface area contributed by atoms with E-state index in [1.165, 1.54) is 36.1 Å². The summed E-state index contributed by atoms with van der Waals surface area (Å²) in [5.74, 6) is 0. The van der Waals surface area contributed by atoms with Gasteiger partial charge in [0, 0.05) is 43.1 Å². The van der Waals surface area contributed by atoms with Crippen molar-refractivity contribution in [3.05, 3.63) is 71.4 Å². The molecular formula is C21H25N3. The fourth-order valence-corrected chi connectivity index (χ4v) is 3.93. The number of anilines is 1. The van der Waals surface area contributed by atoms with Gasteiger partial charge in [-0.2, -0.15) is 0 Å². The van der Waals surface area contributed by atoms with Gasteiger partial charge in [-0.15, -0.1) is 0 Å². The molecule has 3 nitrogen and oxygen atoms in total. The number of nitrogen functional groups attached to an aromatic ring is 1. The van der Waals surface area contributed by atoms with Gasteiger partial charge in [-0.25, -0.2) is 0 Å². The molecular weight excluding hydrogens is 294 g/mol. The Kier molecular flexibility index (Phi) is 4.26. The third-order valence-corrected chi connectivity index (χ3v) is 5.21. The van der Waals surface area contributed by atoms with Crippen molar-refractivity contribution >= 4 is 11.8 Å². The van der Waals surface area contributed by atoms with Crippen molar-refractivity contribution in [2.45, 2.75) is 32.0 Å². The molecule has 2 N–H and O–H groups in total. The SMILES string of the molecule is Nc1cccc2c1C=CN(C1CCCN(Cc3ccccc3)C1)C2. The van der Waals surface area contributed by atoms with E-state index in [2.05, 4.69) is 64.5 Å². The van der Waals surface area contributed by atoms with E-state index in [4.69, 9.17) is 5.73 Å². The van der Waals surface area contributed by atoms with E-state index in [0.29, 0.717) is 6.04 Å². The van der Waals surface area contributed by atoms with Gasteiger partial charge in [0.15, 0.2) is 0 Å². The van der Waals surface area contributed by atoms with Crippen molar-refractivity contribution in [2.75, 3.05) is 18.8 Å². The van der Waals surface area contributed by atoms with Crippen molar-refractivity contribution in [3.8, 4) is 0 Å². The smallest absolute Gasteiger partial charge is 0.0434 e. The van der Waals surface area contributed by atoms with Crippen LogP contribution in [0.15, 0.2) is 54.7 Å². The van der Waals surface area contributed by atoms with E-state index in [-0.39, 0.29) is 0 Å². The second-order valence-electron chi connectivity index (χ2n) is 6.92. The molecule has 2 heterocycles. The minimum absolute atomic E-state index is 0.591. The number of fused-ring (bicyclic) bond motifs is 1. The maximum Gasteiger partial charge on any atom is 0.0434 e. The Hall–Kier alpha value is -2.26. The van der Waals surface area contributed by atoms with Gasteiger partial charge in [0.25, 0.3) is 0 Å². The summed E-state index contributed by atoms with van der Waals surface area (Å²) in [4.78, 5) is 5.09. The number of nitrogens with zero attached hydrogens (tertiary/aromatic N) is 2. The summed E-state index contributed by atoms with van der Waals surface area (Å²) < 4.78 is 0. The van der Waals surface area contributed by atoms with Gasteiger partial charge < -0.3 is 10.6 Å². The molecule has 4 rings (SSSR count). The predicted molar refractivity (Wildman–Crippen MR) is 100 cm³/mol. The molecule has 3 heteroatoms.